The van der Waals surface area contributed by atoms with Gasteiger partial charge in [-0.05, 0) is 164 Å². The van der Waals surface area contributed by atoms with Gasteiger partial charge in [0.2, 0.25) is 0 Å². The van der Waals surface area contributed by atoms with Crippen molar-refractivity contribution in [1.29, 1.82) is 0 Å². The van der Waals surface area contributed by atoms with E-state index in [1.54, 1.807) is 0 Å². The summed E-state index contributed by atoms with van der Waals surface area (Å²) in [5.41, 5.74) is 24.3. The maximum atomic E-state index is 2.52. The van der Waals surface area contributed by atoms with Crippen LogP contribution in [0.4, 0.5) is 0 Å². The first-order valence-electron chi connectivity index (χ1n) is 21.7. The second kappa shape index (κ2) is 11.9. The van der Waals surface area contributed by atoms with Crippen molar-refractivity contribution < 1.29 is 0 Å². The minimum Gasteiger partial charge on any atom is -0.0836 e. The third kappa shape index (κ3) is 4.41. The Bertz CT molecular complexity index is 3470. The SMILES string of the molecule is CC1(C)c2ccccc2-c2ccc(-c3c4ccccc4c(-c4ccc5c(c4)C(C)(C)c4ccccc4-5)c4cc(-c5ccc6c7c(cccc57)C5=C6C=CCC5)ccc34)cc21. The van der Waals surface area contributed by atoms with Crippen LogP contribution in [0.2, 0.25) is 0 Å². The molecule has 0 heteroatoms. The number of hydrogen-bond acceptors (Lipinski definition) is 0. The molecule has 0 nitrogen and oxygen atoms in total. The zero-order chi connectivity index (χ0) is 40.1. The number of rotatable bonds is 3. The molecule has 0 saturated heterocycles. The van der Waals surface area contributed by atoms with Crippen LogP contribution in [0.25, 0.3) is 99.1 Å². The van der Waals surface area contributed by atoms with Gasteiger partial charge < -0.3 is 0 Å². The highest BCUT2D eigenvalue weighted by atomic mass is 14.4. The highest BCUT2D eigenvalue weighted by Gasteiger charge is 2.37. The van der Waals surface area contributed by atoms with Crippen molar-refractivity contribution in [2.24, 2.45) is 0 Å². The standard InChI is InChI=1S/C60H44/c1-59(2)52-22-11-9-16-41(52)43-27-25-36(33-54(43)59)56-47-18-7-8-19-48(47)57(37-26-28-44-42-17-10-12-23-53(42)60(3,4)55(44)34-37)51-32-35(24-29-50(51)56)38-30-31-49-40-15-6-5-14-39(40)46-21-13-20-45(38)58(46)49/h6-13,15-34H,5,14H2,1-4H3. The number of fused-ring (bicyclic) bond motifs is 10. The molecule has 0 atom stereocenters. The molecule has 0 spiro atoms. The van der Waals surface area contributed by atoms with Crippen LogP contribution in [0, 0.1) is 0 Å². The van der Waals surface area contributed by atoms with Crippen molar-refractivity contribution >= 4 is 43.5 Å². The third-order valence-electron chi connectivity index (χ3n) is 14.9. The van der Waals surface area contributed by atoms with Gasteiger partial charge in [0.1, 0.15) is 0 Å². The summed E-state index contributed by atoms with van der Waals surface area (Å²) in [6.07, 6.45) is 6.92. The molecule has 0 aliphatic heterocycles. The molecule has 0 unspecified atom stereocenters. The summed E-state index contributed by atoms with van der Waals surface area (Å²) in [6.45, 7) is 9.57. The second-order valence-electron chi connectivity index (χ2n) is 18.6. The lowest BCUT2D eigenvalue weighted by atomic mass is 9.79. The van der Waals surface area contributed by atoms with E-state index in [4.69, 9.17) is 0 Å². The van der Waals surface area contributed by atoms with Crippen LogP contribution >= 0.6 is 0 Å². The first-order valence-corrected chi connectivity index (χ1v) is 21.7. The minimum atomic E-state index is -0.0968. The Morgan fingerprint density at radius 2 is 0.867 bits per heavy atom. The smallest absolute Gasteiger partial charge is 0.0159 e. The second-order valence-corrected chi connectivity index (χ2v) is 18.6. The Morgan fingerprint density at radius 1 is 0.367 bits per heavy atom. The largest absolute Gasteiger partial charge is 0.0836 e. The maximum absolute atomic E-state index is 2.52. The normalized spacial score (nSPS) is 16.0. The van der Waals surface area contributed by atoms with Crippen LogP contribution in [-0.4, -0.2) is 0 Å². The first kappa shape index (κ1) is 34.1. The Morgan fingerprint density at radius 3 is 1.53 bits per heavy atom. The van der Waals surface area contributed by atoms with Gasteiger partial charge in [-0.2, -0.15) is 0 Å². The van der Waals surface area contributed by atoms with Gasteiger partial charge in [-0.25, -0.2) is 0 Å². The lowest BCUT2D eigenvalue weighted by Gasteiger charge is -2.24. The topological polar surface area (TPSA) is 0 Å². The molecule has 0 N–H and O–H groups in total. The summed E-state index contributed by atoms with van der Waals surface area (Å²) in [7, 11) is 0. The lowest BCUT2D eigenvalue weighted by molar-refractivity contribution is 0.660. The Hall–Kier alpha value is -6.76. The van der Waals surface area contributed by atoms with E-state index in [2.05, 4.69) is 198 Å². The average Bonchev–Trinajstić information content (AvgIpc) is 3.82. The molecule has 284 valence electrons. The molecule has 4 aliphatic rings. The Labute approximate surface area is 352 Å². The number of hydrogen-bond donors (Lipinski definition) is 0. The van der Waals surface area contributed by atoms with Gasteiger partial charge in [-0.15, -0.1) is 0 Å². The molecule has 0 saturated carbocycles. The van der Waals surface area contributed by atoms with Crippen LogP contribution in [-0.2, 0) is 10.8 Å². The summed E-state index contributed by atoms with van der Waals surface area (Å²) in [5, 5.41) is 7.91. The highest BCUT2D eigenvalue weighted by Crippen LogP contribution is 2.54. The molecule has 4 aliphatic carbocycles. The van der Waals surface area contributed by atoms with Gasteiger partial charge in [0, 0.05) is 10.8 Å². The molecule has 0 aromatic heterocycles. The highest BCUT2D eigenvalue weighted by molar-refractivity contribution is 6.23. The Balaban J connectivity index is 1.10. The predicted molar refractivity (Wildman–Crippen MR) is 256 cm³/mol. The molecular weight excluding hydrogens is 721 g/mol. The van der Waals surface area contributed by atoms with Crippen LogP contribution in [0.15, 0.2) is 170 Å². The van der Waals surface area contributed by atoms with Gasteiger partial charge in [0.25, 0.3) is 0 Å². The molecule has 9 aromatic carbocycles. The van der Waals surface area contributed by atoms with Crippen molar-refractivity contribution in [3.05, 3.63) is 203 Å². The molecular formula is C60H44. The minimum absolute atomic E-state index is 0.0882. The van der Waals surface area contributed by atoms with E-state index in [9.17, 15) is 0 Å². The maximum Gasteiger partial charge on any atom is 0.0159 e. The zero-order valence-corrected chi connectivity index (χ0v) is 34.6. The fourth-order valence-corrected chi connectivity index (χ4v) is 12.0. The van der Waals surface area contributed by atoms with Crippen molar-refractivity contribution in [1.82, 2.24) is 0 Å². The predicted octanol–water partition coefficient (Wildman–Crippen LogP) is 16.3. The van der Waals surface area contributed by atoms with Gasteiger partial charge >= 0.3 is 0 Å². The van der Waals surface area contributed by atoms with E-state index in [0.717, 1.165) is 12.8 Å². The molecule has 0 amide bonds. The fraction of sp³-hybridized carbons (Fsp3) is 0.133. The van der Waals surface area contributed by atoms with Gasteiger partial charge in [0.15, 0.2) is 0 Å². The van der Waals surface area contributed by atoms with Crippen LogP contribution in [0.5, 0.6) is 0 Å². The molecule has 0 heterocycles. The molecule has 60 heavy (non-hydrogen) atoms. The van der Waals surface area contributed by atoms with Crippen molar-refractivity contribution in [3.63, 3.8) is 0 Å². The summed E-state index contributed by atoms with van der Waals surface area (Å²) in [5.74, 6) is 0. The van der Waals surface area contributed by atoms with Gasteiger partial charge in [0.05, 0.1) is 0 Å². The van der Waals surface area contributed by atoms with Crippen molar-refractivity contribution in [3.8, 4) is 55.6 Å². The van der Waals surface area contributed by atoms with Gasteiger partial charge in [-0.1, -0.05) is 179 Å². The van der Waals surface area contributed by atoms with Crippen molar-refractivity contribution in [2.45, 2.75) is 51.4 Å². The summed E-state index contributed by atoms with van der Waals surface area (Å²) in [6, 6.07) is 60.8. The van der Waals surface area contributed by atoms with Crippen molar-refractivity contribution in [2.75, 3.05) is 0 Å². The van der Waals surface area contributed by atoms with E-state index in [-0.39, 0.29) is 10.8 Å². The van der Waals surface area contributed by atoms with Gasteiger partial charge in [-0.3, -0.25) is 0 Å². The summed E-state index contributed by atoms with van der Waals surface area (Å²) < 4.78 is 0. The quantitative estimate of drug-likeness (QED) is 0.157. The number of allylic oxidation sites excluding steroid dienone is 4. The lowest BCUT2D eigenvalue weighted by Crippen LogP contribution is -2.15. The summed E-state index contributed by atoms with van der Waals surface area (Å²) >= 11 is 0. The Kier molecular flexibility index (Phi) is 6.79. The first-order chi connectivity index (χ1) is 29.3. The van der Waals surface area contributed by atoms with E-state index < -0.39 is 0 Å². The summed E-state index contributed by atoms with van der Waals surface area (Å²) in [4.78, 5) is 0. The third-order valence-corrected chi connectivity index (χ3v) is 14.9. The van der Waals surface area contributed by atoms with Crippen LogP contribution in [0.1, 0.15) is 73.9 Å². The number of benzene rings is 9. The monoisotopic (exact) mass is 764 g/mol. The van der Waals surface area contributed by atoms with E-state index in [1.165, 1.54) is 132 Å². The van der Waals surface area contributed by atoms with E-state index >= 15 is 0 Å². The molecule has 0 bridgehead atoms. The van der Waals surface area contributed by atoms with E-state index in [1.807, 2.05) is 0 Å². The fourth-order valence-electron chi connectivity index (χ4n) is 12.0. The molecule has 9 aromatic rings. The average molecular weight is 765 g/mol. The molecule has 0 fully saturated rings. The van der Waals surface area contributed by atoms with E-state index in [0.29, 0.717) is 0 Å². The molecule has 0 radical (unpaired) electrons. The molecule has 13 rings (SSSR count). The zero-order valence-electron chi connectivity index (χ0n) is 34.6. The van der Waals surface area contributed by atoms with Crippen LogP contribution in [0.3, 0.4) is 0 Å². The van der Waals surface area contributed by atoms with Crippen LogP contribution < -0.4 is 0 Å².